The average molecular weight is 236 g/mol. The lowest BCUT2D eigenvalue weighted by Gasteiger charge is -2.32. The third-order valence-electron chi connectivity index (χ3n) is 3.64. The Morgan fingerprint density at radius 1 is 1.06 bits per heavy atom. The van der Waals surface area contributed by atoms with Gasteiger partial charge in [-0.2, -0.15) is 0 Å². The molecule has 3 aliphatic carbocycles. The van der Waals surface area contributed by atoms with E-state index >= 15 is 0 Å². The van der Waals surface area contributed by atoms with Crippen molar-refractivity contribution in [1.29, 1.82) is 0 Å². The van der Waals surface area contributed by atoms with Gasteiger partial charge in [-0.05, 0) is 22.8 Å². The smallest absolute Gasteiger partial charge is 0.335 e. The van der Waals surface area contributed by atoms with Gasteiger partial charge in [0.25, 0.3) is 0 Å². The van der Waals surface area contributed by atoms with Crippen molar-refractivity contribution in [2.45, 2.75) is 0 Å². The highest BCUT2D eigenvalue weighted by Gasteiger charge is 2.40. The fourth-order valence-corrected chi connectivity index (χ4v) is 2.64. The zero-order chi connectivity index (χ0) is 12.8. The highest BCUT2D eigenvalue weighted by molar-refractivity contribution is 5.91. The van der Waals surface area contributed by atoms with Crippen LogP contribution in [0, 0.1) is 5.41 Å². The normalized spacial score (nSPS) is 28.0. The highest BCUT2D eigenvalue weighted by atomic mass is 16.4. The topological polar surface area (TPSA) is 37.3 Å². The van der Waals surface area contributed by atoms with Crippen molar-refractivity contribution >= 4 is 5.97 Å². The Kier molecular flexibility index (Phi) is 2.14. The van der Waals surface area contributed by atoms with E-state index in [1.54, 1.807) is 12.2 Å². The largest absolute Gasteiger partial charge is 0.478 e. The second kappa shape index (κ2) is 3.57. The van der Waals surface area contributed by atoms with E-state index in [4.69, 9.17) is 5.11 Å². The summed E-state index contributed by atoms with van der Waals surface area (Å²) in [6.45, 7) is 4.10. The van der Waals surface area contributed by atoms with Crippen LogP contribution in [-0.2, 0) is 4.79 Å². The second-order valence-electron chi connectivity index (χ2n) is 4.53. The van der Waals surface area contributed by atoms with Crippen LogP contribution in [0.25, 0.3) is 0 Å². The molecule has 0 aromatic heterocycles. The molecule has 0 saturated heterocycles. The number of hydrogen-bond acceptors (Lipinski definition) is 1. The van der Waals surface area contributed by atoms with Crippen molar-refractivity contribution < 1.29 is 9.90 Å². The summed E-state index contributed by atoms with van der Waals surface area (Å²) in [6.07, 6.45) is 17.2. The number of carbonyl (C=O) groups is 1. The summed E-state index contributed by atoms with van der Waals surface area (Å²) in [5.74, 6) is -0.913. The minimum absolute atomic E-state index is 0.290. The molecule has 2 nitrogen and oxygen atoms in total. The predicted molar refractivity (Wildman–Crippen MR) is 70.9 cm³/mol. The van der Waals surface area contributed by atoms with Crippen LogP contribution in [0.2, 0.25) is 0 Å². The number of allylic oxidation sites excluding steroid dienone is 11. The molecule has 0 aromatic rings. The molecule has 0 radical (unpaired) electrons. The Bertz CT molecular complexity index is 636. The van der Waals surface area contributed by atoms with Crippen LogP contribution in [0.3, 0.4) is 0 Å². The van der Waals surface area contributed by atoms with E-state index in [-0.39, 0.29) is 5.41 Å². The zero-order valence-electron chi connectivity index (χ0n) is 9.76. The van der Waals surface area contributed by atoms with E-state index in [9.17, 15) is 4.79 Å². The van der Waals surface area contributed by atoms with E-state index in [1.807, 2.05) is 42.5 Å². The van der Waals surface area contributed by atoms with Crippen molar-refractivity contribution in [1.82, 2.24) is 0 Å². The molecule has 1 N–H and O–H groups in total. The molecule has 1 unspecified atom stereocenters. The van der Waals surface area contributed by atoms with E-state index in [0.29, 0.717) is 5.57 Å². The quantitative estimate of drug-likeness (QED) is 0.759. The van der Waals surface area contributed by atoms with Crippen molar-refractivity contribution in [2.75, 3.05) is 0 Å². The summed E-state index contributed by atoms with van der Waals surface area (Å²) in [4.78, 5) is 11.1. The summed E-state index contributed by atoms with van der Waals surface area (Å²) in [5.41, 5.74) is 3.09. The maximum Gasteiger partial charge on any atom is 0.335 e. The van der Waals surface area contributed by atoms with E-state index in [2.05, 4.69) is 6.58 Å². The van der Waals surface area contributed by atoms with Crippen molar-refractivity contribution in [3.8, 4) is 0 Å². The zero-order valence-corrected chi connectivity index (χ0v) is 9.76. The first-order chi connectivity index (χ1) is 8.64. The molecule has 0 aromatic carbocycles. The molecule has 3 rings (SSSR count). The van der Waals surface area contributed by atoms with E-state index in [1.165, 1.54) is 0 Å². The number of hydrogen-bond donors (Lipinski definition) is 1. The van der Waals surface area contributed by atoms with Crippen molar-refractivity contribution in [2.24, 2.45) is 5.41 Å². The van der Waals surface area contributed by atoms with Gasteiger partial charge in [-0.1, -0.05) is 55.2 Å². The van der Waals surface area contributed by atoms with Crippen LogP contribution < -0.4 is 0 Å². The summed E-state index contributed by atoms with van der Waals surface area (Å²) < 4.78 is 0. The summed E-state index contributed by atoms with van der Waals surface area (Å²) in [5, 5.41) is 9.08. The third-order valence-corrected chi connectivity index (χ3v) is 3.64. The lowest BCUT2D eigenvalue weighted by Crippen LogP contribution is -2.22. The van der Waals surface area contributed by atoms with Gasteiger partial charge in [0.05, 0.1) is 11.0 Å². The Hall–Kier alpha value is -2.35. The van der Waals surface area contributed by atoms with Crippen molar-refractivity contribution in [3.05, 3.63) is 83.6 Å². The summed E-state index contributed by atoms with van der Waals surface area (Å²) in [6, 6.07) is 0. The van der Waals surface area contributed by atoms with Gasteiger partial charge in [-0.15, -0.1) is 0 Å². The molecule has 18 heavy (non-hydrogen) atoms. The standard InChI is InChI=1S/C16H12O2/c1-11-5-7-13-3-2-4-14-8-6-12(15(17)18)9-10-16(11,13)14/h2-10H,1H2,(H,17,18). The van der Waals surface area contributed by atoms with Gasteiger partial charge in [0.1, 0.15) is 0 Å². The first-order valence-corrected chi connectivity index (χ1v) is 5.76. The van der Waals surface area contributed by atoms with Crippen LogP contribution in [0.4, 0.5) is 0 Å². The average Bonchev–Trinajstić information content (AvgIpc) is 2.58. The van der Waals surface area contributed by atoms with Gasteiger partial charge in [0, 0.05) is 0 Å². The molecule has 88 valence electrons. The van der Waals surface area contributed by atoms with E-state index < -0.39 is 5.97 Å². The molecule has 0 saturated carbocycles. The fraction of sp³-hybridized carbons (Fsp3) is 0.0625. The van der Waals surface area contributed by atoms with E-state index in [0.717, 1.165) is 16.7 Å². The molecule has 0 heterocycles. The van der Waals surface area contributed by atoms with Gasteiger partial charge in [-0.3, -0.25) is 0 Å². The van der Waals surface area contributed by atoms with Crippen LogP contribution >= 0.6 is 0 Å². The molecule has 0 bridgehead atoms. The number of carboxylic acids is 1. The molecule has 1 spiro atoms. The second-order valence-corrected chi connectivity index (χ2v) is 4.53. The molecule has 0 fully saturated rings. The number of aliphatic carboxylic acids is 1. The first-order valence-electron chi connectivity index (χ1n) is 5.76. The van der Waals surface area contributed by atoms with Gasteiger partial charge in [0.15, 0.2) is 0 Å². The lowest BCUT2D eigenvalue weighted by atomic mass is 9.70. The highest BCUT2D eigenvalue weighted by Crippen LogP contribution is 2.51. The Balaban J connectivity index is 2.21. The maximum absolute atomic E-state index is 11.1. The monoisotopic (exact) mass is 236 g/mol. The van der Waals surface area contributed by atoms with Gasteiger partial charge >= 0.3 is 5.97 Å². The minimum Gasteiger partial charge on any atom is -0.478 e. The molecule has 3 aliphatic rings. The molecule has 0 amide bonds. The van der Waals surface area contributed by atoms with Crippen LogP contribution in [0.5, 0.6) is 0 Å². The van der Waals surface area contributed by atoms with Crippen LogP contribution in [-0.4, -0.2) is 11.1 Å². The predicted octanol–water partition coefficient (Wildman–Crippen LogP) is 3.10. The summed E-state index contributed by atoms with van der Waals surface area (Å²) in [7, 11) is 0. The van der Waals surface area contributed by atoms with Gasteiger partial charge in [0.2, 0.25) is 0 Å². The molecule has 1 atom stereocenters. The summed E-state index contributed by atoms with van der Waals surface area (Å²) >= 11 is 0. The molecule has 0 aliphatic heterocycles. The molecule has 2 heteroatoms. The Labute approximate surface area is 105 Å². The molecular formula is C16H12O2. The Morgan fingerprint density at radius 3 is 2.61 bits per heavy atom. The SMILES string of the molecule is C=C1C=CC2=CC=CC3=CC=C(C(=O)O)C=CC123. The van der Waals surface area contributed by atoms with Crippen LogP contribution in [0.15, 0.2) is 83.6 Å². The maximum atomic E-state index is 11.1. The van der Waals surface area contributed by atoms with Gasteiger partial charge in [-0.25, -0.2) is 4.79 Å². The van der Waals surface area contributed by atoms with Crippen molar-refractivity contribution in [3.63, 3.8) is 0 Å². The fourth-order valence-electron chi connectivity index (χ4n) is 2.64. The Morgan fingerprint density at radius 2 is 1.83 bits per heavy atom. The lowest BCUT2D eigenvalue weighted by molar-refractivity contribution is -0.132. The number of rotatable bonds is 1. The third kappa shape index (κ3) is 1.26. The number of carboxylic acid groups (broad SMARTS) is 1. The minimum atomic E-state index is -0.913. The first kappa shape index (κ1) is 10.8. The van der Waals surface area contributed by atoms with Crippen LogP contribution in [0.1, 0.15) is 0 Å². The van der Waals surface area contributed by atoms with Gasteiger partial charge < -0.3 is 5.11 Å². The molecular weight excluding hydrogens is 224 g/mol.